The zero-order valence-electron chi connectivity index (χ0n) is 15.7. The standard InChI is InChI=1S/C21H24N4O2/c1-15-12-18(13-16(2)22-15)24-10-8-21(9-11-24)19(26)23-20(27)25(21)14-17-6-4-3-5-7-17/h3-7,12-13H,8-11,14H2,1-2H3,(H,23,26,27). The van der Waals surface area contributed by atoms with Gasteiger partial charge in [-0.15, -0.1) is 0 Å². The number of pyridine rings is 1. The van der Waals surface area contributed by atoms with Crippen molar-refractivity contribution in [1.82, 2.24) is 15.2 Å². The number of nitrogens with zero attached hydrogens (tertiary/aromatic N) is 3. The van der Waals surface area contributed by atoms with E-state index in [0.717, 1.165) is 35.7 Å². The molecule has 0 bridgehead atoms. The molecule has 0 atom stereocenters. The van der Waals surface area contributed by atoms with E-state index in [1.165, 1.54) is 0 Å². The van der Waals surface area contributed by atoms with Crippen LogP contribution in [-0.2, 0) is 11.3 Å². The van der Waals surface area contributed by atoms with Gasteiger partial charge in [-0.1, -0.05) is 30.3 Å². The van der Waals surface area contributed by atoms with Gasteiger partial charge < -0.3 is 9.80 Å². The van der Waals surface area contributed by atoms with E-state index < -0.39 is 5.54 Å². The van der Waals surface area contributed by atoms with Crippen molar-refractivity contribution in [3.63, 3.8) is 0 Å². The van der Waals surface area contributed by atoms with Crippen molar-refractivity contribution in [2.75, 3.05) is 18.0 Å². The first kappa shape index (κ1) is 17.5. The van der Waals surface area contributed by atoms with Gasteiger partial charge in [0, 0.05) is 36.7 Å². The molecule has 0 aliphatic carbocycles. The van der Waals surface area contributed by atoms with Gasteiger partial charge in [0.25, 0.3) is 5.91 Å². The third kappa shape index (κ3) is 3.16. The minimum Gasteiger partial charge on any atom is -0.371 e. The zero-order valence-corrected chi connectivity index (χ0v) is 15.7. The molecule has 6 nitrogen and oxygen atoms in total. The maximum absolute atomic E-state index is 12.7. The Balaban J connectivity index is 1.55. The lowest BCUT2D eigenvalue weighted by Gasteiger charge is -2.43. The Hall–Kier alpha value is -2.89. The van der Waals surface area contributed by atoms with E-state index in [4.69, 9.17) is 0 Å². The van der Waals surface area contributed by atoms with Crippen LogP contribution in [0, 0.1) is 13.8 Å². The Morgan fingerprint density at radius 2 is 1.67 bits per heavy atom. The minimum absolute atomic E-state index is 0.162. The van der Waals surface area contributed by atoms with Crippen LogP contribution in [0.2, 0.25) is 0 Å². The summed E-state index contributed by atoms with van der Waals surface area (Å²) in [5.41, 5.74) is 3.40. The van der Waals surface area contributed by atoms with Crippen molar-refractivity contribution >= 4 is 17.6 Å². The number of aryl methyl sites for hydroxylation is 2. The second-order valence-corrected chi connectivity index (χ2v) is 7.46. The van der Waals surface area contributed by atoms with Crippen LogP contribution in [-0.4, -0.2) is 40.5 Å². The Morgan fingerprint density at radius 1 is 1.04 bits per heavy atom. The topological polar surface area (TPSA) is 65.5 Å². The van der Waals surface area contributed by atoms with Crippen LogP contribution in [0.3, 0.4) is 0 Å². The van der Waals surface area contributed by atoms with Crippen molar-refractivity contribution in [3.05, 3.63) is 59.4 Å². The summed E-state index contributed by atoms with van der Waals surface area (Å²) in [6.45, 7) is 5.90. The molecule has 2 saturated heterocycles. The maximum Gasteiger partial charge on any atom is 0.325 e. The summed E-state index contributed by atoms with van der Waals surface area (Å²) in [6, 6.07) is 13.7. The fraction of sp³-hybridized carbons (Fsp3) is 0.381. The van der Waals surface area contributed by atoms with E-state index in [-0.39, 0.29) is 11.9 Å². The molecule has 0 unspecified atom stereocenters. The highest BCUT2D eigenvalue weighted by atomic mass is 16.2. The Kier molecular flexibility index (Phi) is 4.34. The summed E-state index contributed by atoms with van der Waals surface area (Å²) in [5.74, 6) is -0.162. The van der Waals surface area contributed by atoms with E-state index in [1.54, 1.807) is 4.90 Å². The number of hydrogen-bond donors (Lipinski definition) is 1. The van der Waals surface area contributed by atoms with E-state index in [9.17, 15) is 9.59 Å². The monoisotopic (exact) mass is 364 g/mol. The Labute approximate surface area is 159 Å². The molecule has 0 radical (unpaired) electrons. The van der Waals surface area contributed by atoms with Gasteiger partial charge in [-0.2, -0.15) is 0 Å². The molecule has 6 heteroatoms. The highest BCUT2D eigenvalue weighted by Crippen LogP contribution is 2.36. The predicted molar refractivity (Wildman–Crippen MR) is 103 cm³/mol. The molecule has 2 aliphatic heterocycles. The third-order valence-corrected chi connectivity index (χ3v) is 5.61. The molecule has 1 aromatic carbocycles. The number of rotatable bonds is 3. The molecule has 2 aliphatic rings. The summed E-state index contributed by atoms with van der Waals surface area (Å²) in [6.07, 6.45) is 1.25. The van der Waals surface area contributed by atoms with Gasteiger partial charge in [-0.3, -0.25) is 15.1 Å². The number of aromatic nitrogens is 1. The lowest BCUT2D eigenvalue weighted by Crippen LogP contribution is -2.56. The molecule has 1 spiro atoms. The lowest BCUT2D eigenvalue weighted by molar-refractivity contribution is -0.127. The van der Waals surface area contributed by atoms with Gasteiger partial charge in [0.05, 0.1) is 0 Å². The summed E-state index contributed by atoms with van der Waals surface area (Å²) in [4.78, 5) is 33.6. The fourth-order valence-corrected chi connectivity index (χ4v) is 4.21. The molecule has 2 aromatic rings. The highest BCUT2D eigenvalue weighted by Gasteiger charge is 2.53. The first-order chi connectivity index (χ1) is 13.0. The molecule has 1 aromatic heterocycles. The number of nitrogens with one attached hydrogen (secondary N) is 1. The van der Waals surface area contributed by atoms with Gasteiger partial charge in [0.2, 0.25) is 0 Å². The van der Waals surface area contributed by atoms with E-state index in [0.29, 0.717) is 19.4 Å². The summed E-state index contributed by atoms with van der Waals surface area (Å²) >= 11 is 0. The van der Waals surface area contributed by atoms with Crippen LogP contribution in [0.25, 0.3) is 0 Å². The van der Waals surface area contributed by atoms with Gasteiger partial charge in [-0.05, 0) is 44.4 Å². The lowest BCUT2D eigenvalue weighted by atomic mass is 9.85. The number of carbonyl (C=O) groups is 2. The first-order valence-corrected chi connectivity index (χ1v) is 9.35. The summed E-state index contributed by atoms with van der Waals surface area (Å²) in [5, 5.41) is 2.54. The second kappa shape index (κ2) is 6.68. The average molecular weight is 364 g/mol. The van der Waals surface area contributed by atoms with Crippen molar-refractivity contribution in [1.29, 1.82) is 0 Å². The molecule has 140 valence electrons. The molecule has 2 fully saturated rings. The smallest absolute Gasteiger partial charge is 0.325 e. The first-order valence-electron chi connectivity index (χ1n) is 9.35. The normalized spacial score (nSPS) is 18.9. The average Bonchev–Trinajstić information content (AvgIpc) is 2.86. The number of benzene rings is 1. The molecular formula is C21H24N4O2. The number of amides is 3. The van der Waals surface area contributed by atoms with Gasteiger partial charge in [0.15, 0.2) is 0 Å². The van der Waals surface area contributed by atoms with Crippen molar-refractivity contribution in [2.24, 2.45) is 0 Å². The van der Waals surface area contributed by atoms with E-state index >= 15 is 0 Å². The quantitative estimate of drug-likeness (QED) is 0.851. The largest absolute Gasteiger partial charge is 0.371 e. The van der Waals surface area contributed by atoms with Gasteiger partial charge in [-0.25, -0.2) is 4.79 Å². The summed E-state index contributed by atoms with van der Waals surface area (Å²) in [7, 11) is 0. The van der Waals surface area contributed by atoms with Crippen LogP contribution >= 0.6 is 0 Å². The van der Waals surface area contributed by atoms with Crippen molar-refractivity contribution in [2.45, 2.75) is 38.8 Å². The minimum atomic E-state index is -0.749. The molecule has 4 rings (SSSR count). The second-order valence-electron chi connectivity index (χ2n) is 7.46. The Morgan fingerprint density at radius 3 is 2.30 bits per heavy atom. The molecular weight excluding hydrogens is 340 g/mol. The molecule has 1 N–H and O–H groups in total. The number of urea groups is 1. The number of anilines is 1. The number of imide groups is 1. The van der Waals surface area contributed by atoms with Crippen molar-refractivity contribution < 1.29 is 9.59 Å². The maximum atomic E-state index is 12.7. The summed E-state index contributed by atoms with van der Waals surface area (Å²) < 4.78 is 0. The third-order valence-electron chi connectivity index (χ3n) is 5.61. The number of piperidine rings is 1. The van der Waals surface area contributed by atoms with E-state index in [1.807, 2.05) is 44.2 Å². The van der Waals surface area contributed by atoms with Gasteiger partial charge >= 0.3 is 6.03 Å². The zero-order chi connectivity index (χ0) is 19.0. The number of carbonyl (C=O) groups excluding carboxylic acids is 2. The predicted octanol–water partition coefficient (Wildman–Crippen LogP) is 2.79. The van der Waals surface area contributed by atoms with E-state index in [2.05, 4.69) is 27.3 Å². The number of hydrogen-bond acceptors (Lipinski definition) is 4. The molecule has 3 amide bonds. The SMILES string of the molecule is Cc1cc(N2CCC3(CC2)C(=O)NC(=O)N3Cc2ccccc2)cc(C)n1. The van der Waals surface area contributed by atoms with Crippen LogP contribution in [0.4, 0.5) is 10.5 Å². The van der Waals surface area contributed by atoms with Crippen LogP contribution < -0.4 is 10.2 Å². The van der Waals surface area contributed by atoms with Crippen LogP contribution in [0.5, 0.6) is 0 Å². The molecule has 27 heavy (non-hydrogen) atoms. The van der Waals surface area contributed by atoms with Crippen molar-refractivity contribution in [3.8, 4) is 0 Å². The molecule has 0 saturated carbocycles. The van der Waals surface area contributed by atoms with Crippen LogP contribution in [0.15, 0.2) is 42.5 Å². The highest BCUT2D eigenvalue weighted by molar-refractivity contribution is 6.07. The Bertz CT molecular complexity index is 853. The van der Waals surface area contributed by atoms with Crippen LogP contribution in [0.1, 0.15) is 29.8 Å². The fourth-order valence-electron chi connectivity index (χ4n) is 4.21. The van der Waals surface area contributed by atoms with Gasteiger partial charge in [0.1, 0.15) is 5.54 Å². The molecule has 3 heterocycles.